The standard InChI is InChI=1S/C7H10O3.C2H2O2/c1-5(2)7(8)10-4-6-3-9-6;3-1-2-4/h6H,1,3-4H2,2H3;1-2H. The topological polar surface area (TPSA) is 73.0 Å². The zero-order chi connectivity index (χ0) is 11.0. The Kier molecular flexibility index (Phi) is 6.22. The molecule has 1 aliphatic rings. The highest BCUT2D eigenvalue weighted by Gasteiger charge is 2.24. The molecule has 1 rings (SSSR count). The van der Waals surface area contributed by atoms with E-state index in [1.807, 2.05) is 0 Å². The molecule has 0 aromatic carbocycles. The van der Waals surface area contributed by atoms with Crippen molar-refractivity contribution in [2.45, 2.75) is 13.0 Å². The average molecular weight is 200 g/mol. The first kappa shape index (κ1) is 12.5. The lowest BCUT2D eigenvalue weighted by molar-refractivity contribution is -0.139. The van der Waals surface area contributed by atoms with Gasteiger partial charge in [-0.25, -0.2) is 4.79 Å². The minimum atomic E-state index is -0.337. The Morgan fingerprint density at radius 3 is 2.36 bits per heavy atom. The summed E-state index contributed by atoms with van der Waals surface area (Å²) in [5.74, 6) is -0.337. The van der Waals surface area contributed by atoms with Crippen LogP contribution in [0.15, 0.2) is 12.2 Å². The summed E-state index contributed by atoms with van der Waals surface area (Å²) in [7, 11) is 0. The molecule has 0 aromatic rings. The van der Waals surface area contributed by atoms with Gasteiger partial charge in [-0.3, -0.25) is 9.59 Å². The van der Waals surface area contributed by atoms with Crippen LogP contribution in [0.2, 0.25) is 0 Å². The predicted molar refractivity (Wildman–Crippen MR) is 47.6 cm³/mol. The second-order valence-electron chi connectivity index (χ2n) is 2.61. The molecular formula is C9H12O5. The first-order chi connectivity index (χ1) is 6.61. The fourth-order valence-electron chi connectivity index (χ4n) is 0.456. The molecule has 1 saturated heterocycles. The first-order valence-electron chi connectivity index (χ1n) is 3.95. The van der Waals surface area contributed by atoms with Crippen LogP contribution in [0, 0.1) is 0 Å². The SMILES string of the molecule is C=C(C)C(=O)OCC1CO1.O=CC=O. The van der Waals surface area contributed by atoms with Gasteiger partial charge in [0.15, 0.2) is 12.6 Å². The van der Waals surface area contributed by atoms with Gasteiger partial charge in [0.1, 0.15) is 12.7 Å². The van der Waals surface area contributed by atoms with Gasteiger partial charge >= 0.3 is 5.97 Å². The monoisotopic (exact) mass is 200 g/mol. The smallest absolute Gasteiger partial charge is 0.333 e. The molecule has 0 radical (unpaired) electrons. The summed E-state index contributed by atoms with van der Waals surface area (Å²) in [5, 5.41) is 0. The van der Waals surface area contributed by atoms with E-state index in [0.29, 0.717) is 18.8 Å². The fraction of sp³-hybridized carbons (Fsp3) is 0.444. The van der Waals surface area contributed by atoms with Gasteiger partial charge in [-0.2, -0.15) is 0 Å². The van der Waals surface area contributed by atoms with Gasteiger partial charge in [-0.05, 0) is 6.92 Å². The molecule has 0 aromatic heterocycles. The number of hydrogen-bond donors (Lipinski definition) is 0. The van der Waals surface area contributed by atoms with Crippen LogP contribution in [0.4, 0.5) is 0 Å². The summed E-state index contributed by atoms with van der Waals surface area (Å²) in [6, 6.07) is 0. The molecule has 1 aliphatic heterocycles. The van der Waals surface area contributed by atoms with E-state index in [1.165, 1.54) is 0 Å². The third kappa shape index (κ3) is 7.17. The number of ether oxygens (including phenoxy) is 2. The molecule has 0 amide bonds. The maximum Gasteiger partial charge on any atom is 0.333 e. The lowest BCUT2D eigenvalue weighted by Crippen LogP contribution is -2.09. The second kappa shape index (κ2) is 6.97. The van der Waals surface area contributed by atoms with Crippen LogP contribution in [-0.4, -0.2) is 37.9 Å². The highest BCUT2D eigenvalue weighted by Crippen LogP contribution is 2.09. The maximum absolute atomic E-state index is 10.7. The third-order valence-corrected chi connectivity index (χ3v) is 1.21. The normalized spacial score (nSPS) is 17.1. The molecule has 0 bridgehead atoms. The fourth-order valence-corrected chi connectivity index (χ4v) is 0.456. The highest BCUT2D eigenvalue weighted by atomic mass is 16.6. The van der Waals surface area contributed by atoms with Gasteiger partial charge in [0.05, 0.1) is 6.61 Å². The summed E-state index contributed by atoms with van der Waals surface area (Å²) in [4.78, 5) is 28.3. The molecule has 0 aliphatic carbocycles. The molecule has 1 unspecified atom stereocenters. The summed E-state index contributed by atoms with van der Waals surface area (Å²) in [5.41, 5.74) is 0.431. The Hall–Kier alpha value is -1.49. The molecule has 14 heavy (non-hydrogen) atoms. The summed E-state index contributed by atoms with van der Waals surface area (Å²) in [6.45, 7) is 6.14. The molecular weight excluding hydrogens is 188 g/mol. The van der Waals surface area contributed by atoms with Crippen LogP contribution >= 0.6 is 0 Å². The molecule has 5 nitrogen and oxygen atoms in total. The number of rotatable bonds is 4. The minimum absolute atomic E-state index is 0.142. The first-order valence-corrected chi connectivity index (χ1v) is 3.95. The lowest BCUT2D eigenvalue weighted by atomic mass is 10.4. The van der Waals surface area contributed by atoms with Crippen molar-refractivity contribution in [3.05, 3.63) is 12.2 Å². The Morgan fingerprint density at radius 1 is 1.57 bits per heavy atom. The van der Waals surface area contributed by atoms with Gasteiger partial charge < -0.3 is 9.47 Å². The molecule has 0 saturated carbocycles. The van der Waals surface area contributed by atoms with E-state index in [-0.39, 0.29) is 24.6 Å². The number of aldehydes is 2. The van der Waals surface area contributed by atoms with E-state index in [9.17, 15) is 4.79 Å². The summed E-state index contributed by atoms with van der Waals surface area (Å²) in [6.07, 6.45) is 0.531. The van der Waals surface area contributed by atoms with Crippen molar-refractivity contribution in [3.8, 4) is 0 Å². The second-order valence-corrected chi connectivity index (χ2v) is 2.61. The van der Waals surface area contributed by atoms with Crippen LogP contribution in [-0.2, 0) is 23.9 Å². The van der Waals surface area contributed by atoms with Crippen LogP contribution in [0.3, 0.4) is 0 Å². The van der Waals surface area contributed by atoms with Crippen molar-refractivity contribution in [2.24, 2.45) is 0 Å². The van der Waals surface area contributed by atoms with Gasteiger partial charge in [0.25, 0.3) is 0 Å². The Labute approximate surface area is 81.7 Å². The van der Waals surface area contributed by atoms with E-state index >= 15 is 0 Å². The van der Waals surface area contributed by atoms with Gasteiger partial charge in [0, 0.05) is 5.57 Å². The molecule has 1 heterocycles. The Bertz CT molecular complexity index is 223. The summed E-state index contributed by atoms with van der Waals surface area (Å²) >= 11 is 0. The van der Waals surface area contributed by atoms with Gasteiger partial charge in [0.2, 0.25) is 0 Å². The number of esters is 1. The van der Waals surface area contributed by atoms with Crippen molar-refractivity contribution >= 4 is 18.5 Å². The Morgan fingerprint density at radius 2 is 2.07 bits per heavy atom. The van der Waals surface area contributed by atoms with Gasteiger partial charge in [-0.1, -0.05) is 6.58 Å². The molecule has 78 valence electrons. The van der Waals surface area contributed by atoms with E-state index in [1.54, 1.807) is 6.92 Å². The molecule has 1 atom stereocenters. The quantitative estimate of drug-likeness (QED) is 0.208. The third-order valence-electron chi connectivity index (χ3n) is 1.21. The van der Waals surface area contributed by atoms with E-state index in [4.69, 9.17) is 19.1 Å². The van der Waals surface area contributed by atoms with Crippen molar-refractivity contribution in [3.63, 3.8) is 0 Å². The Balaban J connectivity index is 0.000000364. The number of carbonyl (C=O) groups is 3. The van der Waals surface area contributed by atoms with Crippen LogP contribution in [0.5, 0.6) is 0 Å². The minimum Gasteiger partial charge on any atom is -0.459 e. The average Bonchev–Trinajstić information content (AvgIpc) is 2.98. The molecule has 5 heteroatoms. The number of epoxide rings is 1. The summed E-state index contributed by atoms with van der Waals surface area (Å²) < 4.78 is 9.60. The molecule has 1 fully saturated rings. The predicted octanol–water partition coefficient (Wildman–Crippen LogP) is -0.111. The largest absolute Gasteiger partial charge is 0.459 e. The van der Waals surface area contributed by atoms with E-state index < -0.39 is 0 Å². The molecule has 0 spiro atoms. The van der Waals surface area contributed by atoms with Crippen LogP contribution in [0.1, 0.15) is 6.92 Å². The van der Waals surface area contributed by atoms with Crippen molar-refractivity contribution < 1.29 is 23.9 Å². The van der Waals surface area contributed by atoms with Crippen molar-refractivity contribution in [1.82, 2.24) is 0 Å². The zero-order valence-corrected chi connectivity index (χ0v) is 7.89. The zero-order valence-electron chi connectivity index (χ0n) is 7.89. The maximum atomic E-state index is 10.7. The van der Waals surface area contributed by atoms with Crippen molar-refractivity contribution in [2.75, 3.05) is 13.2 Å². The van der Waals surface area contributed by atoms with Crippen LogP contribution in [0.25, 0.3) is 0 Å². The number of hydrogen-bond acceptors (Lipinski definition) is 5. The van der Waals surface area contributed by atoms with Gasteiger partial charge in [-0.15, -0.1) is 0 Å². The number of carbonyl (C=O) groups excluding carboxylic acids is 3. The van der Waals surface area contributed by atoms with Crippen molar-refractivity contribution in [1.29, 1.82) is 0 Å². The van der Waals surface area contributed by atoms with E-state index in [0.717, 1.165) is 0 Å². The highest BCUT2D eigenvalue weighted by molar-refractivity contribution is 6.09. The lowest BCUT2D eigenvalue weighted by Gasteiger charge is -1.99. The van der Waals surface area contributed by atoms with E-state index in [2.05, 4.69) is 6.58 Å². The molecule has 0 N–H and O–H groups in total. The van der Waals surface area contributed by atoms with Crippen LogP contribution < -0.4 is 0 Å².